The monoisotopic (exact) mass is 477 g/mol. The minimum absolute atomic E-state index is 0.236. The van der Waals surface area contributed by atoms with Crippen molar-refractivity contribution in [3.05, 3.63) is 82.9 Å². The number of aryl methyl sites for hydroxylation is 3. The predicted molar refractivity (Wildman–Crippen MR) is 133 cm³/mol. The third kappa shape index (κ3) is 4.49. The average Bonchev–Trinajstić information content (AvgIpc) is 3.22. The van der Waals surface area contributed by atoms with Gasteiger partial charge in [-0.05, 0) is 85.7 Å². The summed E-state index contributed by atoms with van der Waals surface area (Å²) < 4.78 is 29.6. The number of aromatic nitrogens is 1. The Hall–Kier alpha value is -3.23. The van der Waals surface area contributed by atoms with E-state index in [1.807, 2.05) is 19.1 Å². The van der Waals surface area contributed by atoms with E-state index in [2.05, 4.69) is 15.0 Å². The van der Waals surface area contributed by atoms with Crippen LogP contribution in [0.5, 0.6) is 0 Å². The molecule has 0 fully saturated rings. The molecule has 0 unspecified atom stereocenters. The van der Waals surface area contributed by atoms with E-state index in [4.69, 9.17) is 0 Å². The van der Waals surface area contributed by atoms with E-state index in [0.717, 1.165) is 47.0 Å². The highest BCUT2D eigenvalue weighted by Gasteiger charge is 2.19. The minimum atomic E-state index is -3.72. The summed E-state index contributed by atoms with van der Waals surface area (Å²) in [6.07, 6.45) is 4.17. The number of amides is 1. The normalized spacial score (nSPS) is 13.5. The summed E-state index contributed by atoms with van der Waals surface area (Å²) in [5.41, 5.74) is 4.95. The Morgan fingerprint density at radius 1 is 0.970 bits per heavy atom. The van der Waals surface area contributed by atoms with Gasteiger partial charge in [0, 0.05) is 5.56 Å². The van der Waals surface area contributed by atoms with Crippen LogP contribution < -0.4 is 10.0 Å². The lowest BCUT2D eigenvalue weighted by Crippen LogP contribution is -2.14. The van der Waals surface area contributed by atoms with E-state index >= 15 is 0 Å². The zero-order chi connectivity index (χ0) is 23.0. The molecular weight excluding hydrogens is 454 g/mol. The van der Waals surface area contributed by atoms with Gasteiger partial charge in [0.25, 0.3) is 15.9 Å². The van der Waals surface area contributed by atoms with E-state index in [-0.39, 0.29) is 10.8 Å². The van der Waals surface area contributed by atoms with Gasteiger partial charge >= 0.3 is 0 Å². The molecule has 0 spiro atoms. The van der Waals surface area contributed by atoms with Gasteiger partial charge in [0.15, 0.2) is 5.13 Å². The molecule has 168 valence electrons. The van der Waals surface area contributed by atoms with Gasteiger partial charge in [-0.3, -0.25) is 14.8 Å². The van der Waals surface area contributed by atoms with Crippen molar-refractivity contribution in [3.8, 4) is 0 Å². The first-order chi connectivity index (χ1) is 15.9. The first-order valence-electron chi connectivity index (χ1n) is 10.8. The molecule has 0 saturated carbocycles. The Labute approximate surface area is 196 Å². The summed E-state index contributed by atoms with van der Waals surface area (Å²) >= 11 is 1.31. The van der Waals surface area contributed by atoms with Crippen LogP contribution in [-0.2, 0) is 22.9 Å². The molecule has 5 rings (SSSR count). The molecule has 1 aliphatic carbocycles. The lowest BCUT2D eigenvalue weighted by molar-refractivity contribution is 0.102. The highest BCUT2D eigenvalue weighted by Crippen LogP contribution is 2.32. The molecule has 2 N–H and O–H groups in total. The second kappa shape index (κ2) is 8.61. The summed E-state index contributed by atoms with van der Waals surface area (Å²) in [7, 11) is -3.72. The van der Waals surface area contributed by atoms with Crippen LogP contribution in [0.1, 0.15) is 39.9 Å². The summed E-state index contributed by atoms with van der Waals surface area (Å²) in [6.45, 7) is 1.88. The first kappa shape index (κ1) is 21.6. The molecule has 0 saturated heterocycles. The highest BCUT2D eigenvalue weighted by molar-refractivity contribution is 7.92. The maximum Gasteiger partial charge on any atom is 0.261 e. The summed E-state index contributed by atoms with van der Waals surface area (Å²) in [4.78, 5) is 17.3. The zero-order valence-corrected chi connectivity index (χ0v) is 19.7. The molecule has 0 aliphatic heterocycles. The lowest BCUT2D eigenvalue weighted by atomic mass is 9.92. The van der Waals surface area contributed by atoms with Crippen molar-refractivity contribution >= 4 is 48.3 Å². The van der Waals surface area contributed by atoms with Gasteiger partial charge in [-0.1, -0.05) is 35.6 Å². The molecule has 0 bridgehead atoms. The van der Waals surface area contributed by atoms with Gasteiger partial charge in [0.2, 0.25) is 0 Å². The third-order valence-electron chi connectivity index (χ3n) is 5.82. The van der Waals surface area contributed by atoms with Gasteiger partial charge in [-0.25, -0.2) is 13.4 Å². The van der Waals surface area contributed by atoms with Crippen molar-refractivity contribution < 1.29 is 13.2 Å². The molecule has 1 heterocycles. The fourth-order valence-electron chi connectivity index (χ4n) is 4.16. The quantitative estimate of drug-likeness (QED) is 0.395. The molecule has 4 aromatic rings. The Kier molecular flexibility index (Phi) is 5.64. The van der Waals surface area contributed by atoms with Crippen molar-refractivity contribution in [1.29, 1.82) is 0 Å². The Morgan fingerprint density at radius 2 is 1.73 bits per heavy atom. The molecular formula is C25H23N3O3S2. The molecule has 33 heavy (non-hydrogen) atoms. The molecule has 8 heteroatoms. The Balaban J connectivity index is 1.40. The van der Waals surface area contributed by atoms with Crippen LogP contribution in [0.15, 0.2) is 65.6 Å². The first-order valence-corrected chi connectivity index (χ1v) is 13.1. The smallest absolute Gasteiger partial charge is 0.261 e. The third-order valence-corrected chi connectivity index (χ3v) is 8.12. The van der Waals surface area contributed by atoms with Gasteiger partial charge in [-0.15, -0.1) is 0 Å². The van der Waals surface area contributed by atoms with Crippen molar-refractivity contribution in [3.63, 3.8) is 0 Å². The molecule has 1 aliphatic rings. The number of nitrogens with zero attached hydrogens (tertiary/aromatic N) is 1. The number of benzene rings is 3. The number of nitrogens with one attached hydrogen (secondary N) is 2. The number of carbonyl (C=O) groups excluding carboxylic acids is 1. The summed E-state index contributed by atoms with van der Waals surface area (Å²) in [6, 6.07) is 17.9. The van der Waals surface area contributed by atoms with E-state index in [1.165, 1.54) is 16.9 Å². The summed E-state index contributed by atoms with van der Waals surface area (Å²) in [5, 5.41) is 3.30. The van der Waals surface area contributed by atoms with E-state index in [0.29, 0.717) is 16.4 Å². The van der Waals surface area contributed by atoms with Gasteiger partial charge < -0.3 is 0 Å². The Morgan fingerprint density at radius 3 is 2.52 bits per heavy atom. The van der Waals surface area contributed by atoms with E-state index in [9.17, 15) is 13.2 Å². The van der Waals surface area contributed by atoms with Crippen LogP contribution in [0.3, 0.4) is 0 Å². The van der Waals surface area contributed by atoms with Crippen molar-refractivity contribution in [2.24, 2.45) is 0 Å². The van der Waals surface area contributed by atoms with Crippen molar-refractivity contribution in [2.75, 3.05) is 10.0 Å². The fourth-order valence-corrected chi connectivity index (χ4v) is 6.23. The number of hydrogen-bond acceptors (Lipinski definition) is 5. The van der Waals surface area contributed by atoms with Crippen molar-refractivity contribution in [2.45, 2.75) is 37.5 Å². The van der Waals surface area contributed by atoms with E-state index < -0.39 is 10.0 Å². The number of rotatable bonds is 5. The lowest BCUT2D eigenvalue weighted by Gasteiger charge is -2.17. The molecule has 0 atom stereocenters. The number of carbonyl (C=O) groups is 1. The maximum atomic E-state index is 13.1. The highest BCUT2D eigenvalue weighted by atomic mass is 32.2. The molecule has 1 amide bonds. The van der Waals surface area contributed by atoms with Crippen LogP contribution >= 0.6 is 11.3 Å². The number of fused-ring (bicyclic) bond motifs is 2. The number of anilines is 2. The molecule has 0 radical (unpaired) electrons. The van der Waals surface area contributed by atoms with Gasteiger partial charge in [0.1, 0.15) is 0 Å². The zero-order valence-electron chi connectivity index (χ0n) is 18.1. The van der Waals surface area contributed by atoms with E-state index in [1.54, 1.807) is 48.5 Å². The number of thiazole rings is 1. The van der Waals surface area contributed by atoms with Crippen LogP contribution in [0, 0.1) is 6.92 Å². The minimum Gasteiger partial charge on any atom is -0.298 e. The molecule has 1 aromatic heterocycles. The largest absolute Gasteiger partial charge is 0.298 e. The Bertz CT molecular complexity index is 1460. The number of sulfonamides is 1. The van der Waals surface area contributed by atoms with Crippen LogP contribution in [0.25, 0.3) is 10.2 Å². The fraction of sp³-hybridized carbons (Fsp3) is 0.200. The predicted octanol–water partition coefficient (Wildman–Crippen LogP) is 5.54. The topological polar surface area (TPSA) is 88.2 Å². The maximum absolute atomic E-state index is 13.1. The SMILES string of the molecule is Cc1cc(NS(=O)(=O)c2ccc3c(c2)CCCC3)cc2sc(NC(=O)c3ccccc3)nc12. The van der Waals surface area contributed by atoms with Crippen LogP contribution in [0.2, 0.25) is 0 Å². The van der Waals surface area contributed by atoms with Crippen molar-refractivity contribution in [1.82, 2.24) is 4.98 Å². The average molecular weight is 478 g/mol. The van der Waals surface area contributed by atoms with Crippen LogP contribution in [0.4, 0.5) is 10.8 Å². The second-order valence-corrected chi connectivity index (χ2v) is 10.9. The standard InChI is InChI=1S/C25H23N3O3S2/c1-16-13-20(28-33(30,31)21-12-11-17-7-5-6-10-19(17)14-21)15-22-23(16)26-25(32-22)27-24(29)18-8-3-2-4-9-18/h2-4,8-9,11-15,28H,5-7,10H2,1H3,(H,26,27,29). The van der Waals surface area contributed by atoms with Gasteiger partial charge in [-0.2, -0.15) is 0 Å². The summed E-state index contributed by atoms with van der Waals surface area (Å²) in [5.74, 6) is -0.236. The molecule has 3 aromatic carbocycles. The second-order valence-electron chi connectivity index (χ2n) is 8.22. The molecule has 6 nitrogen and oxygen atoms in total. The number of hydrogen-bond donors (Lipinski definition) is 2. The van der Waals surface area contributed by atoms with Gasteiger partial charge in [0.05, 0.1) is 20.8 Å². The van der Waals surface area contributed by atoms with Crippen LogP contribution in [-0.4, -0.2) is 19.3 Å².